The third-order valence-corrected chi connectivity index (χ3v) is 8.18. The molecule has 0 saturated heterocycles. The molecule has 202 valence electrons. The molecule has 0 radical (unpaired) electrons. The number of hydrogen-bond donors (Lipinski definition) is 1. The van der Waals surface area contributed by atoms with E-state index in [9.17, 15) is 4.79 Å². The van der Waals surface area contributed by atoms with E-state index in [0.29, 0.717) is 45.6 Å². The highest BCUT2D eigenvalue weighted by atomic mass is 79.9. The van der Waals surface area contributed by atoms with E-state index >= 15 is 0 Å². The Bertz CT molecular complexity index is 1340. The second-order valence-electron chi connectivity index (χ2n) is 9.11. The highest BCUT2D eigenvalue weighted by molar-refractivity contribution is 9.10. The lowest BCUT2D eigenvalue weighted by molar-refractivity contribution is -0.114. The van der Waals surface area contributed by atoms with Crippen LogP contribution in [0.3, 0.4) is 0 Å². The van der Waals surface area contributed by atoms with Crippen LogP contribution < -0.4 is 14.8 Å². The van der Waals surface area contributed by atoms with E-state index < -0.39 is 6.04 Å². The van der Waals surface area contributed by atoms with Gasteiger partial charge in [-0.05, 0) is 65.5 Å². The van der Waals surface area contributed by atoms with Crippen molar-refractivity contribution in [2.45, 2.75) is 63.4 Å². The van der Waals surface area contributed by atoms with Crippen LogP contribution >= 0.6 is 39.3 Å². The molecule has 1 atom stereocenters. The number of methoxy groups -OCH3 is 1. The van der Waals surface area contributed by atoms with Gasteiger partial charge in [0.25, 0.3) is 0 Å². The van der Waals surface area contributed by atoms with Crippen LogP contribution in [-0.4, -0.2) is 34.3 Å². The highest BCUT2D eigenvalue weighted by Gasteiger charge is 2.34. The van der Waals surface area contributed by atoms with Crippen LogP contribution in [0.4, 0.5) is 5.95 Å². The Morgan fingerprint density at radius 1 is 1.24 bits per heavy atom. The van der Waals surface area contributed by atoms with Crippen LogP contribution in [0.5, 0.6) is 11.5 Å². The Labute approximate surface area is 241 Å². The molecule has 0 bridgehead atoms. The first-order valence-corrected chi connectivity index (χ1v) is 14.8. The molecule has 10 heteroatoms. The standard InChI is InChI=1S/C28H32BrClN4O3S/c1-5-6-7-10-13-37-26-21(29)14-20(15-23(26)36-4)25-24(18(3)35)17(2)31-27-32-28(33-34(25)27)38-16-19-11-8-9-12-22(19)30/h8-9,11-12,14-15,25H,5-7,10,13,16H2,1-4H3,(H,31,32,33). The van der Waals surface area contributed by atoms with Crippen molar-refractivity contribution in [1.29, 1.82) is 0 Å². The molecule has 0 saturated carbocycles. The summed E-state index contributed by atoms with van der Waals surface area (Å²) in [6.45, 7) is 6.26. The molecular weight excluding hydrogens is 588 g/mol. The number of halogens is 2. The average Bonchev–Trinajstić information content (AvgIpc) is 3.29. The van der Waals surface area contributed by atoms with E-state index in [1.54, 1.807) is 18.7 Å². The number of fused-ring (bicyclic) bond motifs is 1. The largest absolute Gasteiger partial charge is 0.493 e. The Kier molecular flexibility index (Phi) is 9.79. The topological polar surface area (TPSA) is 78.3 Å². The number of hydrogen-bond acceptors (Lipinski definition) is 7. The number of Topliss-reactive ketones (excluding diaryl/α,β-unsaturated/α-hetero) is 1. The van der Waals surface area contributed by atoms with Crippen LogP contribution in [0.1, 0.15) is 63.6 Å². The van der Waals surface area contributed by atoms with E-state index in [1.165, 1.54) is 24.6 Å². The third kappa shape index (κ3) is 6.38. The van der Waals surface area contributed by atoms with Crippen molar-refractivity contribution in [3.8, 4) is 11.5 Å². The Morgan fingerprint density at radius 3 is 2.74 bits per heavy atom. The fraction of sp³-hybridized carbons (Fsp3) is 0.393. The van der Waals surface area contributed by atoms with Crippen LogP contribution in [0.25, 0.3) is 0 Å². The maximum Gasteiger partial charge on any atom is 0.227 e. The molecule has 3 aromatic rings. The number of unbranched alkanes of at least 4 members (excludes halogenated alkanes) is 3. The van der Waals surface area contributed by atoms with Crippen LogP contribution in [-0.2, 0) is 10.5 Å². The molecule has 7 nitrogen and oxygen atoms in total. The molecular formula is C28H32BrClN4O3S. The summed E-state index contributed by atoms with van der Waals surface area (Å²) in [6, 6.07) is 11.1. The molecule has 2 aromatic carbocycles. The molecule has 1 aliphatic rings. The number of ether oxygens (including phenoxy) is 2. The van der Waals surface area contributed by atoms with Crippen LogP contribution in [0.2, 0.25) is 5.02 Å². The lowest BCUT2D eigenvalue weighted by Crippen LogP contribution is -2.28. The third-order valence-electron chi connectivity index (χ3n) is 6.34. The molecule has 38 heavy (non-hydrogen) atoms. The second kappa shape index (κ2) is 13.0. The van der Waals surface area contributed by atoms with Crippen molar-refractivity contribution < 1.29 is 14.3 Å². The SMILES string of the molecule is CCCCCCOc1c(Br)cc(C2C(C(C)=O)=C(C)Nc3nc(SCc4ccccc4Cl)nn32)cc1OC. The maximum atomic E-state index is 12.8. The van der Waals surface area contributed by atoms with E-state index in [2.05, 4.69) is 28.2 Å². The molecule has 4 rings (SSSR count). The van der Waals surface area contributed by atoms with Gasteiger partial charge >= 0.3 is 0 Å². The summed E-state index contributed by atoms with van der Waals surface area (Å²) in [6.07, 6.45) is 4.47. The van der Waals surface area contributed by atoms with E-state index in [-0.39, 0.29) is 5.78 Å². The number of aromatic nitrogens is 3. The smallest absolute Gasteiger partial charge is 0.227 e. The first kappa shape index (κ1) is 28.5. The molecule has 1 aliphatic heterocycles. The summed E-state index contributed by atoms with van der Waals surface area (Å²) >= 11 is 11.5. The van der Waals surface area contributed by atoms with Gasteiger partial charge in [0.2, 0.25) is 11.1 Å². The zero-order chi connectivity index (χ0) is 27.2. The van der Waals surface area contributed by atoms with Crippen molar-refractivity contribution in [2.75, 3.05) is 19.0 Å². The molecule has 2 heterocycles. The van der Waals surface area contributed by atoms with Gasteiger partial charge in [-0.1, -0.05) is 67.7 Å². The first-order valence-electron chi connectivity index (χ1n) is 12.7. The number of nitrogens with one attached hydrogen (secondary N) is 1. The molecule has 1 unspecified atom stereocenters. The highest BCUT2D eigenvalue weighted by Crippen LogP contribution is 2.43. The predicted molar refractivity (Wildman–Crippen MR) is 157 cm³/mol. The van der Waals surface area contributed by atoms with Gasteiger partial charge in [-0.25, -0.2) is 4.68 Å². The maximum absolute atomic E-state index is 12.8. The van der Waals surface area contributed by atoms with Gasteiger partial charge in [0.05, 0.1) is 18.2 Å². The molecule has 1 N–H and O–H groups in total. The van der Waals surface area contributed by atoms with Gasteiger partial charge in [-0.3, -0.25) is 4.79 Å². The molecule has 0 spiro atoms. The fourth-order valence-electron chi connectivity index (χ4n) is 4.46. The Balaban J connectivity index is 1.66. The zero-order valence-electron chi connectivity index (χ0n) is 22.0. The molecule has 1 aromatic heterocycles. The Hall–Kier alpha value is -2.49. The predicted octanol–water partition coefficient (Wildman–Crippen LogP) is 7.83. The van der Waals surface area contributed by atoms with Gasteiger partial charge in [0.15, 0.2) is 17.3 Å². The van der Waals surface area contributed by atoms with E-state index in [0.717, 1.165) is 34.1 Å². The normalized spacial score (nSPS) is 14.7. The lowest BCUT2D eigenvalue weighted by Gasteiger charge is -2.28. The summed E-state index contributed by atoms with van der Waals surface area (Å²) < 4.78 is 14.3. The average molecular weight is 620 g/mol. The van der Waals surface area contributed by atoms with Crippen molar-refractivity contribution in [2.24, 2.45) is 0 Å². The monoisotopic (exact) mass is 618 g/mol. The lowest BCUT2D eigenvalue weighted by atomic mass is 9.93. The number of allylic oxidation sites excluding steroid dienone is 2. The summed E-state index contributed by atoms with van der Waals surface area (Å²) in [4.78, 5) is 17.6. The number of rotatable bonds is 12. The quantitative estimate of drug-likeness (QED) is 0.163. The van der Waals surface area contributed by atoms with Crippen molar-refractivity contribution >= 4 is 51.0 Å². The summed E-state index contributed by atoms with van der Waals surface area (Å²) in [5, 5.41) is 9.36. The molecule has 0 amide bonds. The Morgan fingerprint density at radius 2 is 2.03 bits per heavy atom. The van der Waals surface area contributed by atoms with Crippen molar-refractivity contribution in [3.63, 3.8) is 0 Å². The summed E-state index contributed by atoms with van der Waals surface area (Å²) in [5.41, 5.74) is 3.21. The number of benzene rings is 2. The van der Waals surface area contributed by atoms with Gasteiger partial charge in [0.1, 0.15) is 6.04 Å². The number of thioether (sulfide) groups is 1. The number of carbonyl (C=O) groups is 1. The summed E-state index contributed by atoms with van der Waals surface area (Å²) in [7, 11) is 1.62. The minimum absolute atomic E-state index is 0.0437. The van der Waals surface area contributed by atoms with Gasteiger partial charge in [-0.15, -0.1) is 5.10 Å². The number of anilines is 1. The van der Waals surface area contributed by atoms with Crippen molar-refractivity contribution in [3.05, 3.63) is 68.3 Å². The van der Waals surface area contributed by atoms with Crippen LogP contribution in [0.15, 0.2) is 57.3 Å². The first-order chi connectivity index (χ1) is 18.3. The van der Waals surface area contributed by atoms with Gasteiger partial charge < -0.3 is 14.8 Å². The zero-order valence-corrected chi connectivity index (χ0v) is 25.2. The van der Waals surface area contributed by atoms with Crippen LogP contribution in [0, 0.1) is 0 Å². The number of nitrogens with zero attached hydrogens (tertiary/aromatic N) is 3. The second-order valence-corrected chi connectivity index (χ2v) is 11.3. The van der Waals surface area contributed by atoms with Gasteiger partial charge in [0, 0.05) is 22.0 Å². The minimum atomic E-state index is -0.477. The summed E-state index contributed by atoms with van der Waals surface area (Å²) in [5.74, 6) is 2.41. The fourth-order valence-corrected chi connectivity index (χ4v) is 6.14. The van der Waals surface area contributed by atoms with Gasteiger partial charge in [-0.2, -0.15) is 4.98 Å². The molecule has 0 fully saturated rings. The molecule has 0 aliphatic carbocycles. The number of carbonyl (C=O) groups excluding carboxylic acids is 1. The minimum Gasteiger partial charge on any atom is -0.493 e. The number of ketones is 1. The van der Waals surface area contributed by atoms with E-state index in [1.807, 2.05) is 43.3 Å². The van der Waals surface area contributed by atoms with Crippen molar-refractivity contribution in [1.82, 2.24) is 14.8 Å². The van der Waals surface area contributed by atoms with E-state index in [4.69, 9.17) is 31.2 Å².